The second-order valence-electron chi connectivity index (χ2n) is 11.8. The number of ketones is 1. The summed E-state index contributed by atoms with van der Waals surface area (Å²) >= 11 is 0. The molecule has 0 saturated heterocycles. The molecule has 0 amide bonds. The minimum atomic E-state index is -0.134. The first-order valence-corrected chi connectivity index (χ1v) is 12.6. The Bertz CT molecular complexity index is 768. The van der Waals surface area contributed by atoms with E-state index in [0.29, 0.717) is 28.4 Å². The van der Waals surface area contributed by atoms with Gasteiger partial charge in [-0.1, -0.05) is 25.5 Å². The molecule has 5 rings (SSSR count). The lowest BCUT2D eigenvalue weighted by Gasteiger charge is -2.60. The predicted molar refractivity (Wildman–Crippen MR) is 118 cm³/mol. The van der Waals surface area contributed by atoms with Crippen LogP contribution in [0.4, 0.5) is 0 Å². The largest absolute Gasteiger partial charge is 0.462 e. The van der Waals surface area contributed by atoms with Crippen molar-refractivity contribution in [2.45, 2.75) is 98.0 Å². The van der Waals surface area contributed by atoms with E-state index in [1.54, 1.807) is 5.57 Å². The van der Waals surface area contributed by atoms with Gasteiger partial charge in [0, 0.05) is 19.3 Å². The SMILES string of the molecule is CC(=O)O[C@H]1CC[C@@]2(C)C(=CC[C@H]3[C@@H]4CC[C@@H]5[C@@H](C)[C@@H](C(C)=O)CC[C@@]54CC[C@@H]32)C1. The van der Waals surface area contributed by atoms with Gasteiger partial charge >= 0.3 is 5.97 Å². The van der Waals surface area contributed by atoms with E-state index in [0.717, 1.165) is 42.9 Å². The second-order valence-corrected chi connectivity index (χ2v) is 11.8. The van der Waals surface area contributed by atoms with Gasteiger partial charge in [0.1, 0.15) is 11.9 Å². The topological polar surface area (TPSA) is 43.4 Å². The van der Waals surface area contributed by atoms with E-state index in [4.69, 9.17) is 4.74 Å². The Morgan fingerprint density at radius 3 is 2.43 bits per heavy atom. The molecule has 0 bridgehead atoms. The average molecular weight is 413 g/mol. The molecule has 0 unspecified atom stereocenters. The smallest absolute Gasteiger partial charge is 0.302 e. The van der Waals surface area contributed by atoms with Crippen LogP contribution in [0.3, 0.4) is 0 Å². The van der Waals surface area contributed by atoms with Crippen molar-refractivity contribution in [2.75, 3.05) is 0 Å². The Morgan fingerprint density at radius 1 is 0.967 bits per heavy atom. The van der Waals surface area contributed by atoms with Crippen molar-refractivity contribution in [2.24, 2.45) is 46.3 Å². The molecule has 166 valence electrons. The third-order valence-corrected chi connectivity index (χ3v) is 10.9. The van der Waals surface area contributed by atoms with Crippen LogP contribution in [0, 0.1) is 46.3 Å². The minimum Gasteiger partial charge on any atom is -0.462 e. The van der Waals surface area contributed by atoms with E-state index in [1.165, 1.54) is 51.9 Å². The Hall–Kier alpha value is -1.12. The molecule has 5 aliphatic rings. The first-order chi connectivity index (χ1) is 14.3. The van der Waals surface area contributed by atoms with Gasteiger partial charge in [-0.2, -0.15) is 0 Å². The molecule has 0 heterocycles. The number of hydrogen-bond acceptors (Lipinski definition) is 3. The number of carbonyl (C=O) groups is 2. The summed E-state index contributed by atoms with van der Waals surface area (Å²) in [4.78, 5) is 23.7. The highest BCUT2D eigenvalue weighted by atomic mass is 16.5. The van der Waals surface area contributed by atoms with E-state index in [9.17, 15) is 9.59 Å². The predicted octanol–water partition coefficient (Wildman–Crippen LogP) is 6.11. The highest BCUT2D eigenvalue weighted by molar-refractivity contribution is 5.78. The van der Waals surface area contributed by atoms with E-state index < -0.39 is 0 Å². The minimum absolute atomic E-state index is 0.0897. The van der Waals surface area contributed by atoms with Crippen molar-refractivity contribution in [3.63, 3.8) is 0 Å². The van der Waals surface area contributed by atoms with Gasteiger partial charge in [0.15, 0.2) is 0 Å². The summed E-state index contributed by atoms with van der Waals surface area (Å²) in [6.07, 6.45) is 14.9. The van der Waals surface area contributed by atoms with Crippen LogP contribution in [0.15, 0.2) is 11.6 Å². The van der Waals surface area contributed by atoms with Gasteiger partial charge in [0.2, 0.25) is 0 Å². The van der Waals surface area contributed by atoms with E-state index in [1.807, 2.05) is 6.92 Å². The fourth-order valence-electron chi connectivity index (χ4n) is 9.64. The van der Waals surface area contributed by atoms with E-state index >= 15 is 0 Å². The maximum atomic E-state index is 12.2. The summed E-state index contributed by atoms with van der Waals surface area (Å²) < 4.78 is 5.59. The molecule has 0 aromatic rings. The normalized spacial score (nSPS) is 49.7. The highest BCUT2D eigenvalue weighted by Gasteiger charge is 2.62. The van der Waals surface area contributed by atoms with Gasteiger partial charge in [0.25, 0.3) is 0 Å². The number of carbonyl (C=O) groups excluding carboxylic acids is 2. The lowest BCUT2D eigenvalue weighted by atomic mass is 9.44. The van der Waals surface area contributed by atoms with Crippen molar-refractivity contribution in [3.8, 4) is 0 Å². The molecule has 30 heavy (non-hydrogen) atoms. The fraction of sp³-hybridized carbons (Fsp3) is 0.852. The molecule has 4 fully saturated rings. The third-order valence-electron chi connectivity index (χ3n) is 10.9. The molecule has 3 heteroatoms. The Morgan fingerprint density at radius 2 is 1.70 bits per heavy atom. The first-order valence-electron chi connectivity index (χ1n) is 12.6. The monoisotopic (exact) mass is 412 g/mol. The van der Waals surface area contributed by atoms with Crippen LogP contribution in [0.5, 0.6) is 0 Å². The number of fused-ring (bicyclic) bond motifs is 4. The molecular formula is C27H40O3. The first kappa shape index (κ1) is 20.8. The number of rotatable bonds is 2. The van der Waals surface area contributed by atoms with Crippen molar-refractivity contribution in [3.05, 3.63) is 11.6 Å². The quantitative estimate of drug-likeness (QED) is 0.406. The molecule has 0 aromatic heterocycles. The maximum absolute atomic E-state index is 12.2. The zero-order valence-corrected chi connectivity index (χ0v) is 19.4. The van der Waals surface area contributed by atoms with Gasteiger partial charge in [0.05, 0.1) is 0 Å². The number of esters is 1. The molecule has 0 radical (unpaired) electrons. The highest BCUT2D eigenvalue weighted by Crippen LogP contribution is 2.70. The van der Waals surface area contributed by atoms with Crippen LogP contribution in [0.2, 0.25) is 0 Å². The lowest BCUT2D eigenvalue weighted by Crippen LogP contribution is -2.53. The molecular weight excluding hydrogens is 372 g/mol. The Kier molecular flexibility index (Phi) is 4.99. The average Bonchev–Trinajstić information content (AvgIpc) is 3.08. The van der Waals surface area contributed by atoms with Crippen LogP contribution in [0.1, 0.15) is 91.9 Å². The second kappa shape index (κ2) is 7.20. The Labute approximate surface area is 182 Å². The zero-order chi connectivity index (χ0) is 21.3. The third kappa shape index (κ3) is 2.89. The van der Waals surface area contributed by atoms with Crippen molar-refractivity contribution in [1.29, 1.82) is 0 Å². The molecule has 9 atom stereocenters. The molecule has 4 saturated carbocycles. The van der Waals surface area contributed by atoms with Crippen molar-refractivity contribution < 1.29 is 14.3 Å². The number of Topliss-reactive ketones (excluding diaryl/α,β-unsaturated/α-hetero) is 1. The van der Waals surface area contributed by atoms with Gasteiger partial charge < -0.3 is 4.74 Å². The molecule has 0 aliphatic heterocycles. The summed E-state index contributed by atoms with van der Waals surface area (Å²) in [7, 11) is 0. The maximum Gasteiger partial charge on any atom is 0.302 e. The summed E-state index contributed by atoms with van der Waals surface area (Å²) in [5, 5.41) is 0. The number of allylic oxidation sites excluding steroid dienone is 1. The summed E-state index contributed by atoms with van der Waals surface area (Å²) in [5.41, 5.74) is 2.41. The molecule has 0 aromatic carbocycles. The lowest BCUT2D eigenvalue weighted by molar-refractivity contribution is -0.149. The van der Waals surface area contributed by atoms with Crippen molar-refractivity contribution in [1.82, 2.24) is 0 Å². The number of hydrogen-bond donors (Lipinski definition) is 0. The van der Waals surface area contributed by atoms with Crippen LogP contribution >= 0.6 is 0 Å². The van der Waals surface area contributed by atoms with E-state index in [-0.39, 0.29) is 12.1 Å². The summed E-state index contributed by atoms with van der Waals surface area (Å²) in [6.45, 7) is 8.28. The van der Waals surface area contributed by atoms with Gasteiger partial charge in [-0.25, -0.2) is 0 Å². The Balaban J connectivity index is 1.39. The van der Waals surface area contributed by atoms with Crippen LogP contribution in [0.25, 0.3) is 0 Å². The van der Waals surface area contributed by atoms with Crippen LogP contribution in [-0.2, 0) is 14.3 Å². The van der Waals surface area contributed by atoms with Gasteiger partial charge in [-0.3, -0.25) is 9.59 Å². The molecule has 5 aliphatic carbocycles. The van der Waals surface area contributed by atoms with Crippen LogP contribution < -0.4 is 0 Å². The van der Waals surface area contributed by atoms with Crippen LogP contribution in [-0.4, -0.2) is 17.9 Å². The molecule has 3 nitrogen and oxygen atoms in total. The fourth-order valence-corrected chi connectivity index (χ4v) is 9.64. The summed E-state index contributed by atoms with van der Waals surface area (Å²) in [6, 6.07) is 0. The summed E-state index contributed by atoms with van der Waals surface area (Å²) in [5.74, 6) is 4.42. The van der Waals surface area contributed by atoms with E-state index in [2.05, 4.69) is 19.9 Å². The zero-order valence-electron chi connectivity index (χ0n) is 19.4. The van der Waals surface area contributed by atoms with Crippen molar-refractivity contribution >= 4 is 11.8 Å². The molecule has 0 N–H and O–H groups in total. The van der Waals surface area contributed by atoms with Gasteiger partial charge in [-0.05, 0) is 105 Å². The van der Waals surface area contributed by atoms with Gasteiger partial charge in [-0.15, -0.1) is 0 Å². The standard InChI is InChI=1S/C27H40O3/c1-16-21(17(2)28)10-13-27-14-11-24-22(25(27)8-7-23(16)27)6-5-19-15-20(30-18(3)29)9-12-26(19,24)4/h5,16,20-25H,6-15H2,1-4H3/t16-,20-,21-,22+,23+,24-,25-,26-,27+/m0/s1. The number of ether oxygens (including phenoxy) is 1. The molecule has 1 spiro atoms.